The van der Waals surface area contributed by atoms with E-state index in [9.17, 15) is 4.79 Å². The molecular weight excluding hydrogens is 260 g/mol. The van der Waals surface area contributed by atoms with Crippen LogP contribution in [-0.2, 0) is 11.2 Å². The quantitative estimate of drug-likeness (QED) is 0.818. The van der Waals surface area contributed by atoms with E-state index in [-0.39, 0.29) is 5.91 Å². The molecular formula is C18H22N2O. The summed E-state index contributed by atoms with van der Waals surface area (Å²) in [6.45, 7) is 3.16. The minimum atomic E-state index is -0.299. The first kappa shape index (κ1) is 15.1. The van der Waals surface area contributed by atoms with Gasteiger partial charge in [-0.05, 0) is 35.6 Å². The van der Waals surface area contributed by atoms with E-state index in [2.05, 4.69) is 36.5 Å². The number of carbonyl (C=O) groups excluding carboxylic acids is 1. The Morgan fingerprint density at radius 1 is 1.10 bits per heavy atom. The van der Waals surface area contributed by atoms with E-state index in [1.54, 1.807) is 0 Å². The summed E-state index contributed by atoms with van der Waals surface area (Å²) >= 11 is 0. The van der Waals surface area contributed by atoms with Crippen molar-refractivity contribution in [2.24, 2.45) is 5.73 Å². The normalized spacial score (nSPS) is 11.9. The van der Waals surface area contributed by atoms with Gasteiger partial charge in [0.05, 0.1) is 6.42 Å². The average Bonchev–Trinajstić information content (AvgIpc) is 2.49. The van der Waals surface area contributed by atoms with Crippen LogP contribution < -0.4 is 11.1 Å². The number of nitrogens with one attached hydrogen (secondary N) is 1. The molecule has 0 saturated heterocycles. The zero-order valence-corrected chi connectivity index (χ0v) is 12.4. The van der Waals surface area contributed by atoms with E-state index in [4.69, 9.17) is 5.73 Å². The summed E-state index contributed by atoms with van der Waals surface area (Å²) < 4.78 is 0. The fourth-order valence-electron chi connectivity index (χ4n) is 2.32. The van der Waals surface area contributed by atoms with Gasteiger partial charge < -0.3 is 11.1 Å². The number of hydrogen-bond acceptors (Lipinski definition) is 2. The van der Waals surface area contributed by atoms with Crippen molar-refractivity contribution in [1.29, 1.82) is 0 Å². The first-order valence-electron chi connectivity index (χ1n) is 7.31. The summed E-state index contributed by atoms with van der Waals surface area (Å²) in [5.41, 5.74) is 8.57. The molecule has 0 bridgehead atoms. The molecule has 1 unspecified atom stereocenters. The molecule has 0 aromatic heterocycles. The predicted molar refractivity (Wildman–Crippen MR) is 87.3 cm³/mol. The van der Waals surface area contributed by atoms with E-state index in [1.807, 2.05) is 30.3 Å². The fourth-order valence-corrected chi connectivity index (χ4v) is 2.32. The maximum atomic E-state index is 10.8. The Bertz CT molecular complexity index is 564. The van der Waals surface area contributed by atoms with Crippen LogP contribution in [0.4, 0.5) is 5.69 Å². The molecule has 110 valence electrons. The molecule has 0 radical (unpaired) electrons. The fraction of sp³-hybridized carbons (Fsp3) is 0.278. The van der Waals surface area contributed by atoms with Crippen LogP contribution in [0, 0.1) is 0 Å². The molecule has 21 heavy (non-hydrogen) atoms. The topological polar surface area (TPSA) is 55.1 Å². The highest BCUT2D eigenvalue weighted by atomic mass is 16.1. The van der Waals surface area contributed by atoms with Gasteiger partial charge in [0.15, 0.2) is 0 Å². The summed E-state index contributed by atoms with van der Waals surface area (Å²) in [6.07, 6.45) is 1.37. The maximum Gasteiger partial charge on any atom is 0.221 e. The molecule has 3 heteroatoms. The van der Waals surface area contributed by atoms with Crippen LogP contribution in [0.1, 0.15) is 30.4 Å². The van der Waals surface area contributed by atoms with Crippen molar-refractivity contribution in [3.05, 3.63) is 65.7 Å². The van der Waals surface area contributed by atoms with E-state index in [1.165, 1.54) is 5.56 Å². The molecule has 0 heterocycles. The Morgan fingerprint density at radius 3 is 2.38 bits per heavy atom. The van der Waals surface area contributed by atoms with Crippen LogP contribution in [0.3, 0.4) is 0 Å². The van der Waals surface area contributed by atoms with Crippen molar-refractivity contribution in [1.82, 2.24) is 0 Å². The third kappa shape index (κ3) is 4.95. The number of hydrogen-bond donors (Lipinski definition) is 2. The lowest BCUT2D eigenvalue weighted by atomic mass is 9.98. The van der Waals surface area contributed by atoms with Crippen LogP contribution >= 0.6 is 0 Å². The molecule has 1 amide bonds. The summed E-state index contributed by atoms with van der Waals surface area (Å²) in [4.78, 5) is 10.8. The molecule has 0 aliphatic rings. The van der Waals surface area contributed by atoms with Gasteiger partial charge in [-0.1, -0.05) is 49.4 Å². The van der Waals surface area contributed by atoms with Gasteiger partial charge in [-0.25, -0.2) is 0 Å². The lowest BCUT2D eigenvalue weighted by Crippen LogP contribution is -2.13. The van der Waals surface area contributed by atoms with Crippen molar-refractivity contribution in [2.75, 3.05) is 11.9 Å². The molecule has 0 fully saturated rings. The molecule has 0 aliphatic heterocycles. The number of amides is 1. The summed E-state index contributed by atoms with van der Waals surface area (Å²) in [7, 11) is 0. The van der Waals surface area contributed by atoms with Crippen LogP contribution in [0.5, 0.6) is 0 Å². The first-order valence-corrected chi connectivity index (χ1v) is 7.31. The van der Waals surface area contributed by atoms with Crippen LogP contribution in [-0.4, -0.2) is 12.5 Å². The highest BCUT2D eigenvalue weighted by Crippen LogP contribution is 2.18. The van der Waals surface area contributed by atoms with Crippen molar-refractivity contribution in [3.8, 4) is 0 Å². The van der Waals surface area contributed by atoms with Gasteiger partial charge in [0.25, 0.3) is 0 Å². The van der Waals surface area contributed by atoms with E-state index >= 15 is 0 Å². The van der Waals surface area contributed by atoms with Gasteiger partial charge in [0.2, 0.25) is 5.91 Å². The van der Waals surface area contributed by atoms with E-state index in [0.717, 1.165) is 24.2 Å². The van der Waals surface area contributed by atoms with Gasteiger partial charge in [-0.2, -0.15) is 0 Å². The second-order valence-electron chi connectivity index (χ2n) is 5.37. The van der Waals surface area contributed by atoms with Gasteiger partial charge in [-0.3, -0.25) is 4.79 Å². The second kappa shape index (κ2) is 7.48. The van der Waals surface area contributed by atoms with Gasteiger partial charge in [0, 0.05) is 12.2 Å². The molecule has 2 aromatic carbocycles. The van der Waals surface area contributed by atoms with Crippen LogP contribution in [0.15, 0.2) is 54.6 Å². The van der Waals surface area contributed by atoms with Crippen molar-refractivity contribution in [2.45, 2.75) is 25.7 Å². The Balaban J connectivity index is 1.79. The SMILES string of the molecule is CC(CCNc1ccc(CC(N)=O)cc1)c1ccccc1. The zero-order chi connectivity index (χ0) is 15.1. The maximum absolute atomic E-state index is 10.8. The highest BCUT2D eigenvalue weighted by Gasteiger charge is 2.04. The third-order valence-corrected chi connectivity index (χ3v) is 3.61. The number of benzene rings is 2. The number of rotatable bonds is 7. The number of anilines is 1. The van der Waals surface area contributed by atoms with Crippen LogP contribution in [0.25, 0.3) is 0 Å². The summed E-state index contributed by atoms with van der Waals surface area (Å²) in [5, 5.41) is 3.41. The minimum absolute atomic E-state index is 0.297. The van der Waals surface area contributed by atoms with Crippen LogP contribution in [0.2, 0.25) is 0 Å². The molecule has 0 aliphatic carbocycles. The molecule has 0 saturated carbocycles. The van der Waals surface area contributed by atoms with Gasteiger partial charge in [0.1, 0.15) is 0 Å². The third-order valence-electron chi connectivity index (χ3n) is 3.61. The first-order chi connectivity index (χ1) is 10.1. The van der Waals surface area contributed by atoms with Crippen molar-refractivity contribution in [3.63, 3.8) is 0 Å². The highest BCUT2D eigenvalue weighted by molar-refractivity contribution is 5.76. The monoisotopic (exact) mass is 282 g/mol. The van der Waals surface area contributed by atoms with Gasteiger partial charge >= 0.3 is 0 Å². The largest absolute Gasteiger partial charge is 0.385 e. The van der Waals surface area contributed by atoms with Gasteiger partial charge in [-0.15, -0.1) is 0 Å². The molecule has 3 nitrogen and oxygen atoms in total. The zero-order valence-electron chi connectivity index (χ0n) is 12.4. The van der Waals surface area contributed by atoms with E-state index < -0.39 is 0 Å². The lowest BCUT2D eigenvalue weighted by molar-refractivity contribution is -0.117. The number of nitrogens with two attached hydrogens (primary N) is 1. The number of carbonyl (C=O) groups is 1. The number of primary amides is 1. The van der Waals surface area contributed by atoms with E-state index in [0.29, 0.717) is 12.3 Å². The molecule has 1 atom stereocenters. The Labute approximate surface area is 126 Å². The Kier molecular flexibility index (Phi) is 5.38. The Morgan fingerprint density at radius 2 is 1.76 bits per heavy atom. The molecule has 3 N–H and O–H groups in total. The smallest absolute Gasteiger partial charge is 0.221 e. The Hall–Kier alpha value is -2.29. The molecule has 0 spiro atoms. The molecule has 2 rings (SSSR count). The summed E-state index contributed by atoms with van der Waals surface area (Å²) in [5.74, 6) is 0.236. The standard InChI is InChI=1S/C18H22N2O/c1-14(16-5-3-2-4-6-16)11-12-20-17-9-7-15(8-10-17)13-18(19)21/h2-10,14,20H,11-13H2,1H3,(H2,19,21). The van der Waals surface area contributed by atoms with Crippen molar-refractivity contribution < 1.29 is 4.79 Å². The average molecular weight is 282 g/mol. The predicted octanol–water partition coefficient (Wildman–Crippen LogP) is 3.32. The second-order valence-corrected chi connectivity index (χ2v) is 5.37. The molecule has 2 aromatic rings. The summed E-state index contributed by atoms with van der Waals surface area (Å²) in [6, 6.07) is 18.4. The minimum Gasteiger partial charge on any atom is -0.385 e. The van der Waals surface area contributed by atoms with Crippen molar-refractivity contribution >= 4 is 11.6 Å². The lowest BCUT2D eigenvalue weighted by Gasteiger charge is -2.13.